The molecule has 0 aliphatic heterocycles. The minimum Gasteiger partial charge on any atom is -0.378 e. The summed E-state index contributed by atoms with van der Waals surface area (Å²) in [6.07, 6.45) is 0. The normalized spacial score (nSPS) is 12.5. The molecule has 0 unspecified atom stereocenters. The predicted octanol–water partition coefficient (Wildman–Crippen LogP) is 5.89. The van der Waals surface area contributed by atoms with Crippen LogP contribution in [-0.4, -0.2) is 22.3 Å². The Kier molecular flexibility index (Phi) is 6.98. The monoisotopic (exact) mass is 528 g/mol. The van der Waals surface area contributed by atoms with Crippen molar-refractivity contribution in [2.75, 3.05) is 0 Å². The van der Waals surface area contributed by atoms with E-state index >= 15 is 0 Å². The van der Waals surface area contributed by atoms with E-state index in [0.29, 0.717) is 16.7 Å². The van der Waals surface area contributed by atoms with E-state index in [1.807, 2.05) is 0 Å². The van der Waals surface area contributed by atoms with Crippen LogP contribution in [0, 0.1) is 34.6 Å². The van der Waals surface area contributed by atoms with Crippen LogP contribution in [0.15, 0.2) is 53.4 Å². The molecule has 0 saturated carbocycles. The van der Waals surface area contributed by atoms with Gasteiger partial charge in [-0.15, -0.1) is 0 Å². The summed E-state index contributed by atoms with van der Waals surface area (Å²) in [6.45, 7) is 8.11. The largest absolute Gasteiger partial charge is 0.534 e. The van der Waals surface area contributed by atoms with E-state index in [1.54, 1.807) is 45.9 Å². The Bertz CT molecular complexity index is 1490. The summed E-state index contributed by atoms with van der Waals surface area (Å²) in [7, 11) is -10.3. The number of rotatable bonds is 6. The highest BCUT2D eigenvalue weighted by atomic mass is 32.2. The third-order valence-electron chi connectivity index (χ3n) is 5.11. The van der Waals surface area contributed by atoms with E-state index < -0.39 is 31.5 Å². The van der Waals surface area contributed by atoms with E-state index in [-0.39, 0.29) is 27.3 Å². The van der Waals surface area contributed by atoms with Crippen LogP contribution in [0.3, 0.4) is 0 Å². The molecular weight excluding hydrogens is 505 g/mol. The molecule has 6 nitrogen and oxygen atoms in total. The Balaban J connectivity index is 2.26. The van der Waals surface area contributed by atoms with Crippen molar-refractivity contribution < 1.29 is 38.4 Å². The number of hydrogen-bond donors (Lipinski definition) is 0. The zero-order valence-corrected chi connectivity index (χ0v) is 21.2. The van der Waals surface area contributed by atoms with Gasteiger partial charge in [-0.25, -0.2) is 0 Å². The van der Waals surface area contributed by atoms with Crippen molar-refractivity contribution in [2.24, 2.45) is 0 Å². The SMILES string of the molecule is Cc1ccc(S(=O)(=O)Oc2c(C)cc(C)cc2-c2cc(C)cc(C)c2OS(=O)(=O)C(F)(F)F)cc1. The first-order valence-electron chi connectivity index (χ1n) is 10.3. The van der Waals surface area contributed by atoms with Gasteiger partial charge in [0.25, 0.3) is 0 Å². The van der Waals surface area contributed by atoms with Crippen LogP contribution in [0.5, 0.6) is 11.5 Å². The summed E-state index contributed by atoms with van der Waals surface area (Å²) in [6, 6.07) is 11.9. The summed E-state index contributed by atoms with van der Waals surface area (Å²) in [5, 5.41) is 0. The molecule has 11 heteroatoms. The standard InChI is InChI=1S/C24H23F3O6S2/c1-14-6-8-19(9-7-14)34(28,29)32-22-17(4)10-15(2)12-20(22)21-13-16(3)11-18(5)23(21)33-35(30,31)24(25,26)27/h6-13H,1-5H3. The molecule has 0 atom stereocenters. The van der Waals surface area contributed by atoms with Crippen LogP contribution in [0.2, 0.25) is 0 Å². The van der Waals surface area contributed by atoms with Gasteiger partial charge in [-0.2, -0.15) is 30.0 Å². The minimum absolute atomic E-state index is 0.0590. The number of alkyl halides is 3. The summed E-state index contributed by atoms with van der Waals surface area (Å²) in [4.78, 5) is -0.120. The molecule has 0 aliphatic rings. The molecule has 0 amide bonds. The molecule has 0 saturated heterocycles. The molecule has 0 radical (unpaired) electrons. The fourth-order valence-electron chi connectivity index (χ4n) is 3.55. The maximum absolute atomic E-state index is 13.1. The Hall–Kier alpha value is -3.05. The second-order valence-corrected chi connectivity index (χ2v) is 11.3. The van der Waals surface area contributed by atoms with Gasteiger partial charge in [-0.1, -0.05) is 29.8 Å². The van der Waals surface area contributed by atoms with Crippen LogP contribution in [0.1, 0.15) is 27.8 Å². The van der Waals surface area contributed by atoms with Crippen molar-refractivity contribution >= 4 is 20.2 Å². The summed E-state index contributed by atoms with van der Waals surface area (Å²) < 4.78 is 99.0. The van der Waals surface area contributed by atoms with Crippen LogP contribution in [0.4, 0.5) is 13.2 Å². The van der Waals surface area contributed by atoms with Crippen molar-refractivity contribution in [1.82, 2.24) is 0 Å². The van der Waals surface area contributed by atoms with E-state index in [0.717, 1.165) is 5.56 Å². The van der Waals surface area contributed by atoms with Crippen LogP contribution in [-0.2, 0) is 20.2 Å². The van der Waals surface area contributed by atoms with Crippen molar-refractivity contribution in [1.29, 1.82) is 0 Å². The third-order valence-corrected chi connectivity index (χ3v) is 7.30. The van der Waals surface area contributed by atoms with Crippen molar-refractivity contribution in [3.63, 3.8) is 0 Å². The molecule has 3 aromatic rings. The quantitative estimate of drug-likeness (QED) is 0.293. The average Bonchev–Trinajstić information content (AvgIpc) is 2.71. The van der Waals surface area contributed by atoms with Crippen molar-refractivity contribution in [3.05, 3.63) is 76.3 Å². The highest BCUT2D eigenvalue weighted by molar-refractivity contribution is 7.88. The van der Waals surface area contributed by atoms with E-state index in [9.17, 15) is 30.0 Å². The molecule has 0 fully saturated rings. The zero-order chi connectivity index (χ0) is 26.3. The van der Waals surface area contributed by atoms with Crippen LogP contribution >= 0.6 is 0 Å². The molecule has 0 heterocycles. The Morgan fingerprint density at radius 3 is 1.49 bits per heavy atom. The van der Waals surface area contributed by atoms with Gasteiger partial charge in [0.2, 0.25) is 0 Å². The van der Waals surface area contributed by atoms with E-state index in [2.05, 4.69) is 4.18 Å². The van der Waals surface area contributed by atoms with Gasteiger partial charge >= 0.3 is 25.7 Å². The molecule has 3 aromatic carbocycles. The van der Waals surface area contributed by atoms with Gasteiger partial charge in [0.15, 0.2) is 11.5 Å². The highest BCUT2D eigenvalue weighted by Crippen LogP contribution is 2.44. The average molecular weight is 529 g/mol. The molecule has 188 valence electrons. The van der Waals surface area contributed by atoms with Gasteiger partial charge in [0.05, 0.1) is 0 Å². The van der Waals surface area contributed by atoms with E-state index in [4.69, 9.17) is 4.18 Å². The smallest absolute Gasteiger partial charge is 0.378 e. The number of benzene rings is 3. The van der Waals surface area contributed by atoms with Crippen LogP contribution in [0.25, 0.3) is 11.1 Å². The lowest BCUT2D eigenvalue weighted by Gasteiger charge is -2.20. The first-order chi connectivity index (χ1) is 16.0. The second-order valence-electron chi connectivity index (χ2n) is 8.25. The Morgan fingerprint density at radius 2 is 1.06 bits per heavy atom. The molecule has 0 N–H and O–H groups in total. The first kappa shape index (κ1) is 26.6. The lowest BCUT2D eigenvalue weighted by Crippen LogP contribution is -2.28. The lowest BCUT2D eigenvalue weighted by molar-refractivity contribution is -0.0500. The minimum atomic E-state index is -5.99. The van der Waals surface area contributed by atoms with Gasteiger partial charge in [-0.05, 0) is 81.1 Å². The predicted molar refractivity (Wildman–Crippen MR) is 125 cm³/mol. The summed E-state index contributed by atoms with van der Waals surface area (Å²) >= 11 is 0. The molecule has 35 heavy (non-hydrogen) atoms. The Labute approximate surface area is 202 Å². The summed E-state index contributed by atoms with van der Waals surface area (Å²) in [5.74, 6) is -0.731. The fourth-order valence-corrected chi connectivity index (χ4v) is 5.09. The van der Waals surface area contributed by atoms with Gasteiger partial charge in [0, 0.05) is 11.1 Å². The first-order valence-corrected chi connectivity index (χ1v) is 13.1. The van der Waals surface area contributed by atoms with Gasteiger partial charge in [0.1, 0.15) is 4.90 Å². The maximum Gasteiger partial charge on any atom is 0.534 e. The van der Waals surface area contributed by atoms with Gasteiger partial charge in [-0.3, -0.25) is 0 Å². The number of hydrogen-bond acceptors (Lipinski definition) is 6. The third kappa shape index (κ3) is 5.62. The number of aryl methyl sites for hydroxylation is 5. The molecule has 0 aromatic heterocycles. The molecule has 0 bridgehead atoms. The van der Waals surface area contributed by atoms with Gasteiger partial charge < -0.3 is 8.37 Å². The topological polar surface area (TPSA) is 86.7 Å². The Morgan fingerprint density at radius 1 is 0.629 bits per heavy atom. The van der Waals surface area contributed by atoms with Crippen molar-refractivity contribution in [2.45, 2.75) is 45.0 Å². The van der Waals surface area contributed by atoms with Crippen molar-refractivity contribution in [3.8, 4) is 22.6 Å². The van der Waals surface area contributed by atoms with E-state index in [1.165, 1.54) is 37.3 Å². The second kappa shape index (κ2) is 9.19. The summed E-state index contributed by atoms with van der Waals surface area (Å²) in [5.41, 5.74) is -3.10. The lowest BCUT2D eigenvalue weighted by atomic mass is 9.95. The molecule has 0 aliphatic carbocycles. The molecule has 3 rings (SSSR count). The number of halogens is 3. The molecular formula is C24H23F3O6S2. The highest BCUT2D eigenvalue weighted by Gasteiger charge is 2.49. The zero-order valence-electron chi connectivity index (χ0n) is 19.5. The maximum atomic E-state index is 13.1. The fraction of sp³-hybridized carbons (Fsp3) is 0.250. The van der Waals surface area contributed by atoms with Crippen LogP contribution < -0.4 is 8.37 Å². The molecule has 0 spiro atoms.